The van der Waals surface area contributed by atoms with Gasteiger partial charge in [0.25, 0.3) is 0 Å². The van der Waals surface area contributed by atoms with E-state index in [1.54, 1.807) is 5.32 Å². The molecule has 1 aliphatic rings. The lowest BCUT2D eigenvalue weighted by Gasteiger charge is -2.09. The minimum Gasteiger partial charge on any atom is -0.394 e. The lowest BCUT2D eigenvalue weighted by Crippen LogP contribution is -2.39. The molecule has 1 heterocycles. The number of aliphatic hydroxyl groups excluding tert-OH is 4. The number of nitrogens with two attached hydrogens (primary N) is 2. The zero-order chi connectivity index (χ0) is 13.6. The minimum atomic E-state index is -1.38. The van der Waals surface area contributed by atoms with Gasteiger partial charge in [-0.3, -0.25) is 10.7 Å². The number of nitrogens with one attached hydrogen (secondary N) is 2. The molecule has 2 amide bonds. The number of ether oxygens (including phenoxy) is 1. The van der Waals surface area contributed by atoms with Crippen molar-refractivity contribution in [2.75, 3.05) is 6.61 Å². The smallest absolute Gasteiger partial charge is 0.318 e. The predicted octanol–water partition coefficient (Wildman–Crippen LogP) is -4.03. The largest absolute Gasteiger partial charge is 0.394 e. The summed E-state index contributed by atoms with van der Waals surface area (Å²) < 4.78 is 4.54. The van der Waals surface area contributed by atoms with E-state index in [9.17, 15) is 4.79 Å². The molecule has 1 fully saturated rings. The molecule has 1 saturated heterocycles. The van der Waals surface area contributed by atoms with Crippen molar-refractivity contribution in [3.63, 3.8) is 0 Å². The van der Waals surface area contributed by atoms with Crippen molar-refractivity contribution in [2.45, 2.75) is 24.6 Å². The van der Waals surface area contributed by atoms with Gasteiger partial charge in [-0.1, -0.05) is 0 Å². The van der Waals surface area contributed by atoms with Crippen LogP contribution < -0.4 is 16.8 Å². The summed E-state index contributed by atoms with van der Waals surface area (Å²) >= 11 is 0. The number of primary amides is 1. The fourth-order valence-electron chi connectivity index (χ4n) is 1.01. The molecule has 0 saturated carbocycles. The summed E-state index contributed by atoms with van der Waals surface area (Å²) in [6, 6.07) is -0.812. The number of carbonyl (C=O) groups is 1. The second-order valence-corrected chi connectivity index (χ2v) is 3.13. The van der Waals surface area contributed by atoms with Crippen LogP contribution in [0.5, 0.6) is 0 Å². The highest BCUT2D eigenvalue weighted by Gasteiger charge is 2.41. The Labute approximate surface area is 96.3 Å². The Bertz CT molecular complexity index is 263. The van der Waals surface area contributed by atoms with Gasteiger partial charge in [0.05, 0.1) is 6.61 Å². The molecule has 1 rings (SSSR count). The normalized spacial score (nSPS) is 31.3. The van der Waals surface area contributed by atoms with Crippen LogP contribution in [0.15, 0.2) is 0 Å². The van der Waals surface area contributed by atoms with E-state index in [1.807, 2.05) is 0 Å². The number of hydrogen-bond acceptors (Lipinski definition) is 7. The monoisotopic (exact) mass is 252 g/mol. The number of guanidine groups is 1. The Morgan fingerprint density at radius 3 is 1.94 bits per heavy atom. The summed E-state index contributed by atoms with van der Waals surface area (Å²) in [5.41, 5.74) is 9.19. The van der Waals surface area contributed by atoms with Crippen molar-refractivity contribution in [1.82, 2.24) is 5.32 Å². The van der Waals surface area contributed by atoms with Crippen LogP contribution in [-0.4, -0.2) is 63.6 Å². The second kappa shape index (κ2) is 6.98. The summed E-state index contributed by atoms with van der Waals surface area (Å²) in [5.74, 6) is -0.437. The third kappa shape index (κ3) is 5.42. The molecule has 0 aromatic rings. The number of hydrogen-bond donors (Lipinski definition) is 8. The molecule has 0 radical (unpaired) electrons. The third-order valence-electron chi connectivity index (χ3n) is 1.78. The van der Waals surface area contributed by atoms with Crippen LogP contribution in [0.4, 0.5) is 4.79 Å². The Morgan fingerprint density at radius 1 is 1.29 bits per heavy atom. The van der Waals surface area contributed by atoms with E-state index in [0.717, 1.165) is 0 Å². The van der Waals surface area contributed by atoms with Gasteiger partial charge < -0.3 is 36.6 Å². The van der Waals surface area contributed by atoms with Crippen LogP contribution in [0.2, 0.25) is 0 Å². The van der Waals surface area contributed by atoms with E-state index in [-0.39, 0.29) is 0 Å². The fourth-order valence-corrected chi connectivity index (χ4v) is 1.01. The van der Waals surface area contributed by atoms with Gasteiger partial charge >= 0.3 is 6.03 Å². The van der Waals surface area contributed by atoms with Crippen LogP contribution in [0, 0.1) is 5.41 Å². The van der Waals surface area contributed by atoms with Crippen molar-refractivity contribution in [3.8, 4) is 0 Å². The maximum Gasteiger partial charge on any atom is 0.318 e. The quantitative estimate of drug-likeness (QED) is 0.172. The van der Waals surface area contributed by atoms with Crippen molar-refractivity contribution < 1.29 is 30.0 Å². The van der Waals surface area contributed by atoms with Crippen LogP contribution in [0.3, 0.4) is 0 Å². The molecule has 10 heteroatoms. The molecule has 10 nitrogen and oxygen atoms in total. The highest BCUT2D eigenvalue weighted by Crippen LogP contribution is 2.18. The summed E-state index contributed by atoms with van der Waals surface area (Å²) in [6.45, 7) is -0.407. The molecular formula is C7H16N4O6. The van der Waals surface area contributed by atoms with Crippen molar-refractivity contribution >= 4 is 12.0 Å². The van der Waals surface area contributed by atoms with Gasteiger partial charge in [-0.2, -0.15) is 0 Å². The molecule has 0 aromatic heterocycles. The molecular weight excluding hydrogens is 236 g/mol. The summed E-state index contributed by atoms with van der Waals surface area (Å²) in [7, 11) is 0. The topological polar surface area (TPSA) is 195 Å². The van der Waals surface area contributed by atoms with Gasteiger partial charge in [-0.05, 0) is 0 Å². The first kappa shape index (κ1) is 15.5. The SMILES string of the molecule is N=C(N)NC(N)=O.OC[C@H]1OC(O)[C@H](O)[C@@H]1O. The predicted molar refractivity (Wildman–Crippen MR) is 54.6 cm³/mol. The molecule has 0 bridgehead atoms. The minimum absolute atomic E-state index is 0.407. The van der Waals surface area contributed by atoms with E-state index >= 15 is 0 Å². The molecule has 0 spiro atoms. The Balaban J connectivity index is 0.000000325. The van der Waals surface area contributed by atoms with Gasteiger partial charge in [-0.15, -0.1) is 0 Å². The number of urea groups is 1. The number of carbonyl (C=O) groups excluding carboxylic acids is 1. The Morgan fingerprint density at radius 2 is 1.82 bits per heavy atom. The van der Waals surface area contributed by atoms with Crippen LogP contribution in [0.25, 0.3) is 0 Å². The fraction of sp³-hybridized carbons (Fsp3) is 0.714. The number of rotatable bonds is 1. The average Bonchev–Trinajstić information content (AvgIpc) is 2.44. The first-order valence-corrected chi connectivity index (χ1v) is 4.50. The molecule has 17 heavy (non-hydrogen) atoms. The first-order chi connectivity index (χ1) is 7.79. The maximum absolute atomic E-state index is 9.70. The standard InChI is InChI=1S/C5H10O5.C2H6N4O/c6-1-2-3(7)4(8)5(9)10-2;3-1(4)6-2(5)7/h2-9H,1H2;(H6,3,4,5,6,7)/t2-,3-,4-,5?;/m1./s1. The lowest BCUT2D eigenvalue weighted by molar-refractivity contribution is -0.132. The zero-order valence-electron chi connectivity index (χ0n) is 8.78. The average molecular weight is 252 g/mol. The highest BCUT2D eigenvalue weighted by atomic mass is 16.6. The van der Waals surface area contributed by atoms with E-state index in [1.165, 1.54) is 0 Å². The van der Waals surface area contributed by atoms with E-state index < -0.39 is 43.2 Å². The van der Waals surface area contributed by atoms with Gasteiger partial charge in [0.2, 0.25) is 0 Å². The second-order valence-electron chi connectivity index (χ2n) is 3.13. The number of amides is 2. The van der Waals surface area contributed by atoms with E-state index in [4.69, 9.17) is 25.8 Å². The summed E-state index contributed by atoms with van der Waals surface area (Å²) in [6.07, 6.45) is -4.76. The Hall–Kier alpha value is -1.46. The lowest BCUT2D eigenvalue weighted by atomic mass is 10.1. The van der Waals surface area contributed by atoms with Crippen molar-refractivity contribution in [3.05, 3.63) is 0 Å². The summed E-state index contributed by atoms with van der Waals surface area (Å²) in [4.78, 5) is 9.70. The van der Waals surface area contributed by atoms with Gasteiger partial charge in [-0.25, -0.2) is 4.79 Å². The molecule has 0 aliphatic carbocycles. The molecule has 1 unspecified atom stereocenters. The first-order valence-electron chi connectivity index (χ1n) is 4.50. The molecule has 0 aromatic carbocycles. The maximum atomic E-state index is 9.70. The molecule has 10 N–H and O–H groups in total. The molecule has 100 valence electrons. The molecule has 4 atom stereocenters. The Kier molecular flexibility index (Phi) is 6.38. The van der Waals surface area contributed by atoms with E-state index in [0.29, 0.717) is 0 Å². The summed E-state index contributed by atoms with van der Waals surface area (Å²) in [5, 5.41) is 43.2. The highest BCUT2D eigenvalue weighted by molar-refractivity contribution is 5.92. The molecule has 1 aliphatic heterocycles. The van der Waals surface area contributed by atoms with Gasteiger partial charge in [0, 0.05) is 0 Å². The van der Waals surface area contributed by atoms with E-state index in [2.05, 4.69) is 16.2 Å². The van der Waals surface area contributed by atoms with Gasteiger partial charge in [0.15, 0.2) is 12.2 Å². The van der Waals surface area contributed by atoms with Crippen LogP contribution in [-0.2, 0) is 4.74 Å². The van der Waals surface area contributed by atoms with Crippen molar-refractivity contribution in [1.29, 1.82) is 5.41 Å². The van der Waals surface area contributed by atoms with Crippen LogP contribution in [0.1, 0.15) is 0 Å². The number of aliphatic hydroxyl groups is 4. The van der Waals surface area contributed by atoms with Crippen molar-refractivity contribution in [2.24, 2.45) is 11.5 Å². The van der Waals surface area contributed by atoms with Crippen LogP contribution >= 0.6 is 0 Å². The van der Waals surface area contributed by atoms with Gasteiger partial charge in [0.1, 0.15) is 18.3 Å². The third-order valence-corrected chi connectivity index (χ3v) is 1.78. The zero-order valence-corrected chi connectivity index (χ0v) is 8.78.